The van der Waals surface area contributed by atoms with E-state index in [2.05, 4.69) is 24.1 Å². The van der Waals surface area contributed by atoms with Gasteiger partial charge >= 0.3 is 0 Å². The predicted octanol–water partition coefficient (Wildman–Crippen LogP) is 2.82. The lowest BCUT2D eigenvalue weighted by Crippen LogP contribution is -2.19. The van der Waals surface area contributed by atoms with Crippen molar-refractivity contribution in [2.45, 2.75) is 26.9 Å². The van der Waals surface area contributed by atoms with Crippen LogP contribution in [0.1, 0.15) is 25.1 Å². The molecule has 0 fully saturated rings. The predicted molar refractivity (Wildman–Crippen MR) is 74.3 cm³/mol. The summed E-state index contributed by atoms with van der Waals surface area (Å²) in [5, 5.41) is 3.34. The van der Waals surface area contributed by atoms with E-state index in [1.54, 1.807) is 18.5 Å². The average molecular weight is 261 g/mol. The fourth-order valence-electron chi connectivity index (χ4n) is 1.90. The molecule has 2 aromatic rings. The van der Waals surface area contributed by atoms with Crippen LogP contribution >= 0.6 is 0 Å². The Bertz CT molecular complexity index is 520. The van der Waals surface area contributed by atoms with E-state index in [0.717, 1.165) is 18.8 Å². The number of halogens is 1. The SMILES string of the molecule is CC(C)CNCc1cn(Cc2ccccc2F)cn1. The second-order valence-electron chi connectivity index (χ2n) is 5.15. The highest BCUT2D eigenvalue weighted by Crippen LogP contribution is 2.09. The van der Waals surface area contributed by atoms with Gasteiger partial charge in [-0.1, -0.05) is 32.0 Å². The van der Waals surface area contributed by atoms with Crippen molar-refractivity contribution in [2.24, 2.45) is 5.92 Å². The van der Waals surface area contributed by atoms with Crippen LogP contribution in [0, 0.1) is 11.7 Å². The van der Waals surface area contributed by atoms with Crippen LogP contribution in [0.4, 0.5) is 4.39 Å². The van der Waals surface area contributed by atoms with Crippen LogP contribution in [0.15, 0.2) is 36.8 Å². The maximum Gasteiger partial charge on any atom is 0.128 e. The average Bonchev–Trinajstić information content (AvgIpc) is 2.79. The monoisotopic (exact) mass is 261 g/mol. The molecule has 0 bridgehead atoms. The number of nitrogens with one attached hydrogen (secondary N) is 1. The minimum Gasteiger partial charge on any atom is -0.333 e. The molecule has 1 aromatic heterocycles. The first-order valence-electron chi connectivity index (χ1n) is 6.60. The zero-order valence-electron chi connectivity index (χ0n) is 11.4. The fourth-order valence-corrected chi connectivity index (χ4v) is 1.90. The first-order valence-corrected chi connectivity index (χ1v) is 6.60. The van der Waals surface area contributed by atoms with E-state index in [4.69, 9.17) is 0 Å². The summed E-state index contributed by atoms with van der Waals surface area (Å²) in [5.74, 6) is 0.455. The molecule has 0 unspecified atom stereocenters. The van der Waals surface area contributed by atoms with Gasteiger partial charge in [0.05, 0.1) is 18.6 Å². The van der Waals surface area contributed by atoms with Crippen molar-refractivity contribution in [3.05, 3.63) is 53.9 Å². The second-order valence-corrected chi connectivity index (χ2v) is 5.15. The Hall–Kier alpha value is -1.68. The molecular formula is C15H20FN3. The van der Waals surface area contributed by atoms with E-state index in [1.165, 1.54) is 6.07 Å². The number of benzene rings is 1. The standard InChI is InChI=1S/C15H20FN3/c1-12(2)7-17-8-14-10-19(11-18-14)9-13-5-3-4-6-15(13)16/h3-6,10-12,17H,7-9H2,1-2H3. The Morgan fingerprint density at radius 2 is 2.11 bits per heavy atom. The van der Waals surface area contributed by atoms with Gasteiger partial charge in [-0.15, -0.1) is 0 Å². The largest absolute Gasteiger partial charge is 0.333 e. The molecule has 102 valence electrons. The minimum absolute atomic E-state index is 0.171. The number of nitrogens with zero attached hydrogens (tertiary/aromatic N) is 2. The van der Waals surface area contributed by atoms with Crippen molar-refractivity contribution >= 4 is 0 Å². The van der Waals surface area contributed by atoms with Gasteiger partial charge in [-0.05, 0) is 18.5 Å². The smallest absolute Gasteiger partial charge is 0.128 e. The van der Waals surface area contributed by atoms with Gasteiger partial charge in [0, 0.05) is 18.3 Å². The molecular weight excluding hydrogens is 241 g/mol. The van der Waals surface area contributed by atoms with E-state index >= 15 is 0 Å². The van der Waals surface area contributed by atoms with Crippen LogP contribution in [-0.4, -0.2) is 16.1 Å². The van der Waals surface area contributed by atoms with Crippen molar-refractivity contribution in [1.29, 1.82) is 0 Å². The highest BCUT2D eigenvalue weighted by molar-refractivity contribution is 5.18. The molecule has 0 amide bonds. The molecule has 0 spiro atoms. The summed E-state index contributed by atoms with van der Waals surface area (Å²) in [7, 11) is 0. The topological polar surface area (TPSA) is 29.9 Å². The molecule has 0 aliphatic heterocycles. The lowest BCUT2D eigenvalue weighted by atomic mass is 10.2. The van der Waals surface area contributed by atoms with Crippen LogP contribution in [0.3, 0.4) is 0 Å². The molecule has 2 rings (SSSR count). The van der Waals surface area contributed by atoms with Gasteiger partial charge in [-0.2, -0.15) is 0 Å². The minimum atomic E-state index is -0.171. The Morgan fingerprint density at radius 1 is 1.32 bits per heavy atom. The molecule has 19 heavy (non-hydrogen) atoms. The zero-order valence-corrected chi connectivity index (χ0v) is 11.4. The second kappa shape index (κ2) is 6.48. The zero-order chi connectivity index (χ0) is 13.7. The van der Waals surface area contributed by atoms with Crippen molar-refractivity contribution in [2.75, 3.05) is 6.54 Å². The van der Waals surface area contributed by atoms with E-state index in [-0.39, 0.29) is 5.82 Å². The molecule has 3 nitrogen and oxygen atoms in total. The quantitative estimate of drug-likeness (QED) is 0.866. The van der Waals surface area contributed by atoms with Gasteiger partial charge < -0.3 is 9.88 Å². The molecule has 0 saturated heterocycles. The van der Waals surface area contributed by atoms with E-state index in [1.807, 2.05) is 16.8 Å². The number of hydrogen-bond donors (Lipinski definition) is 1. The lowest BCUT2D eigenvalue weighted by molar-refractivity contribution is 0.548. The Morgan fingerprint density at radius 3 is 2.84 bits per heavy atom. The molecule has 0 atom stereocenters. The molecule has 0 saturated carbocycles. The van der Waals surface area contributed by atoms with Gasteiger partial charge in [0.2, 0.25) is 0 Å². The number of aromatic nitrogens is 2. The summed E-state index contributed by atoms with van der Waals surface area (Å²) < 4.78 is 15.4. The van der Waals surface area contributed by atoms with Crippen molar-refractivity contribution in [3.8, 4) is 0 Å². The van der Waals surface area contributed by atoms with Crippen LogP contribution in [0.5, 0.6) is 0 Å². The molecule has 0 aliphatic carbocycles. The summed E-state index contributed by atoms with van der Waals surface area (Å²) in [6.07, 6.45) is 3.71. The van der Waals surface area contributed by atoms with Gasteiger partial charge in [-0.3, -0.25) is 0 Å². The first-order chi connectivity index (χ1) is 9.15. The van der Waals surface area contributed by atoms with Crippen LogP contribution in [-0.2, 0) is 13.1 Å². The van der Waals surface area contributed by atoms with Gasteiger partial charge in [-0.25, -0.2) is 9.37 Å². The normalized spacial score (nSPS) is 11.2. The number of hydrogen-bond acceptors (Lipinski definition) is 2. The van der Waals surface area contributed by atoms with Crippen molar-refractivity contribution < 1.29 is 4.39 Å². The summed E-state index contributed by atoms with van der Waals surface area (Å²) in [5.41, 5.74) is 1.67. The third-order valence-corrected chi connectivity index (χ3v) is 2.86. The maximum atomic E-state index is 13.5. The Balaban J connectivity index is 1.92. The molecule has 1 N–H and O–H groups in total. The Kier molecular flexibility index (Phi) is 4.68. The molecule has 4 heteroatoms. The highest BCUT2D eigenvalue weighted by Gasteiger charge is 2.03. The van der Waals surface area contributed by atoms with Gasteiger partial charge in [0.15, 0.2) is 0 Å². The number of imidazole rings is 1. The van der Waals surface area contributed by atoms with Crippen LogP contribution in [0.25, 0.3) is 0 Å². The van der Waals surface area contributed by atoms with Crippen molar-refractivity contribution in [3.63, 3.8) is 0 Å². The highest BCUT2D eigenvalue weighted by atomic mass is 19.1. The van der Waals surface area contributed by atoms with E-state index < -0.39 is 0 Å². The fraction of sp³-hybridized carbons (Fsp3) is 0.400. The maximum absolute atomic E-state index is 13.5. The first kappa shape index (κ1) is 13.7. The van der Waals surface area contributed by atoms with Gasteiger partial charge in [0.25, 0.3) is 0 Å². The van der Waals surface area contributed by atoms with Crippen molar-refractivity contribution in [1.82, 2.24) is 14.9 Å². The summed E-state index contributed by atoms with van der Waals surface area (Å²) in [4.78, 5) is 4.32. The van der Waals surface area contributed by atoms with Crippen LogP contribution in [0.2, 0.25) is 0 Å². The summed E-state index contributed by atoms with van der Waals surface area (Å²) >= 11 is 0. The molecule has 1 heterocycles. The Labute approximate surface area is 113 Å². The lowest BCUT2D eigenvalue weighted by Gasteiger charge is -2.05. The molecule has 0 aliphatic rings. The summed E-state index contributed by atoms with van der Waals surface area (Å²) in [6.45, 7) is 6.58. The third-order valence-electron chi connectivity index (χ3n) is 2.86. The van der Waals surface area contributed by atoms with Crippen LogP contribution < -0.4 is 5.32 Å². The van der Waals surface area contributed by atoms with E-state index in [0.29, 0.717) is 18.0 Å². The third kappa shape index (κ3) is 4.17. The summed E-state index contributed by atoms with van der Waals surface area (Å²) in [6, 6.07) is 6.83. The van der Waals surface area contributed by atoms with E-state index in [9.17, 15) is 4.39 Å². The molecule has 1 aromatic carbocycles. The molecule has 0 radical (unpaired) electrons. The number of rotatable bonds is 6. The van der Waals surface area contributed by atoms with Gasteiger partial charge in [0.1, 0.15) is 5.82 Å².